The van der Waals surface area contributed by atoms with E-state index in [0.29, 0.717) is 28.8 Å². The zero-order valence-corrected chi connectivity index (χ0v) is 25.0. The summed E-state index contributed by atoms with van der Waals surface area (Å²) < 4.78 is 70.9. The van der Waals surface area contributed by atoms with Crippen LogP contribution in [0.15, 0.2) is 64.4 Å². The molecule has 0 atom stereocenters. The van der Waals surface area contributed by atoms with Gasteiger partial charge in [-0.3, -0.25) is 14.6 Å². The topological polar surface area (TPSA) is 106 Å². The zero-order valence-electron chi connectivity index (χ0n) is 24.1. The molecule has 0 saturated carbocycles. The van der Waals surface area contributed by atoms with Crippen LogP contribution in [0.2, 0.25) is 0 Å². The molecule has 0 spiro atoms. The Morgan fingerprint density at radius 1 is 1.00 bits per heavy atom. The van der Waals surface area contributed by atoms with E-state index in [1.807, 2.05) is 0 Å². The molecule has 13 heteroatoms. The largest absolute Gasteiger partial charge is 0.416 e. The highest BCUT2D eigenvalue weighted by atomic mass is 32.2. The Kier molecular flexibility index (Phi) is 8.48. The lowest BCUT2D eigenvalue weighted by Gasteiger charge is -2.17. The van der Waals surface area contributed by atoms with E-state index < -0.39 is 27.3 Å². The first-order valence-electron chi connectivity index (χ1n) is 14.1. The molecule has 0 aliphatic rings. The van der Waals surface area contributed by atoms with Gasteiger partial charge in [0.05, 0.1) is 44.3 Å². The first-order valence-corrected chi connectivity index (χ1v) is 15.6. The molecule has 0 aliphatic heterocycles. The minimum atomic E-state index is -4.57. The van der Waals surface area contributed by atoms with Gasteiger partial charge in [-0.05, 0) is 42.8 Å². The number of rotatable bonds is 11. The van der Waals surface area contributed by atoms with Crippen LogP contribution in [0, 0.1) is 0 Å². The molecule has 0 saturated heterocycles. The Bertz CT molecular complexity index is 1930. The van der Waals surface area contributed by atoms with E-state index in [1.54, 1.807) is 14.1 Å². The molecular weight excluding hydrogens is 581 g/mol. The lowest BCUT2D eigenvalue weighted by atomic mass is 10.0. The highest BCUT2D eigenvalue weighted by Gasteiger charge is 2.31. The summed E-state index contributed by atoms with van der Waals surface area (Å²) in [5.74, 6) is 0. The predicted octanol–water partition coefficient (Wildman–Crippen LogP) is 6.27. The Morgan fingerprint density at radius 2 is 1.70 bits per heavy atom. The van der Waals surface area contributed by atoms with E-state index in [0.717, 1.165) is 44.2 Å². The van der Waals surface area contributed by atoms with Gasteiger partial charge in [0.2, 0.25) is 10.0 Å². The van der Waals surface area contributed by atoms with Crippen molar-refractivity contribution in [2.75, 3.05) is 13.6 Å². The quantitative estimate of drug-likeness (QED) is 0.177. The third-order valence-corrected chi connectivity index (χ3v) is 9.49. The molecule has 0 radical (unpaired) electrons. The molecule has 3 heterocycles. The fourth-order valence-corrected chi connectivity index (χ4v) is 6.38. The van der Waals surface area contributed by atoms with Gasteiger partial charge in [0, 0.05) is 26.2 Å². The van der Waals surface area contributed by atoms with E-state index in [-0.39, 0.29) is 21.5 Å². The SMILES string of the molecule is CCCCCCCCN(C)S(=O)(=O)c1ccc(-n2[nH]c3c(c(-c4cccc(C(F)(F)F)c4)nc4c3cnn4C)c2=O)cc1. The highest BCUT2D eigenvalue weighted by molar-refractivity contribution is 7.89. The van der Waals surface area contributed by atoms with Crippen molar-refractivity contribution in [3.8, 4) is 16.9 Å². The molecule has 0 aliphatic carbocycles. The van der Waals surface area contributed by atoms with E-state index >= 15 is 0 Å². The molecule has 0 unspecified atom stereocenters. The van der Waals surface area contributed by atoms with Crippen LogP contribution in [0.25, 0.3) is 38.9 Å². The number of aromatic nitrogens is 5. The Morgan fingerprint density at radius 3 is 2.40 bits per heavy atom. The van der Waals surface area contributed by atoms with Gasteiger partial charge in [0.25, 0.3) is 5.56 Å². The average molecular weight is 615 g/mol. The second kappa shape index (κ2) is 12.0. The van der Waals surface area contributed by atoms with Crippen molar-refractivity contribution in [1.29, 1.82) is 0 Å². The maximum absolute atomic E-state index is 13.8. The molecule has 228 valence electrons. The van der Waals surface area contributed by atoms with Crippen LogP contribution >= 0.6 is 0 Å². The maximum Gasteiger partial charge on any atom is 0.416 e. The molecule has 2 aromatic carbocycles. The number of halogens is 3. The lowest BCUT2D eigenvalue weighted by Crippen LogP contribution is -2.28. The summed E-state index contributed by atoms with van der Waals surface area (Å²) >= 11 is 0. The number of nitrogens with one attached hydrogen (secondary N) is 1. The van der Waals surface area contributed by atoms with Crippen LogP contribution < -0.4 is 5.56 Å². The molecule has 0 bridgehead atoms. The number of pyridine rings is 1. The number of benzene rings is 2. The second-order valence-electron chi connectivity index (χ2n) is 10.6. The molecule has 0 amide bonds. The van der Waals surface area contributed by atoms with Crippen molar-refractivity contribution in [2.24, 2.45) is 7.05 Å². The minimum Gasteiger partial charge on any atom is -0.289 e. The number of alkyl halides is 3. The van der Waals surface area contributed by atoms with Crippen LogP contribution in [-0.2, 0) is 23.2 Å². The average Bonchev–Trinajstić information content (AvgIpc) is 3.53. The standard InChI is InChI=1S/C30H33F3N6O3S/c1-4-5-6-7-8-9-17-37(2)43(41,42)23-15-13-22(14-16-23)39-29(40)25-26(20-11-10-12-21(18-20)30(31,32)33)35-28-24(27(25)36-39)19-34-38(28)3/h10-16,18-19,36H,4-9,17H2,1-3H3. The molecule has 0 fully saturated rings. The molecular formula is C30H33F3N6O3S. The molecule has 9 nitrogen and oxygen atoms in total. The fraction of sp³-hybridized carbons (Fsp3) is 0.367. The summed E-state index contributed by atoms with van der Waals surface area (Å²) in [5.41, 5.74) is -0.121. The Labute approximate surface area is 247 Å². The van der Waals surface area contributed by atoms with Crippen LogP contribution in [0.1, 0.15) is 51.0 Å². The zero-order chi connectivity index (χ0) is 30.9. The molecule has 43 heavy (non-hydrogen) atoms. The number of fused-ring (bicyclic) bond motifs is 3. The first kappa shape index (κ1) is 30.5. The Hall–Kier alpha value is -3.97. The molecule has 3 aromatic heterocycles. The monoisotopic (exact) mass is 614 g/mol. The number of sulfonamides is 1. The minimum absolute atomic E-state index is 0.0766. The summed E-state index contributed by atoms with van der Waals surface area (Å²) in [6, 6.07) is 10.6. The summed E-state index contributed by atoms with van der Waals surface area (Å²) in [6.07, 6.45) is 3.23. The van der Waals surface area contributed by atoms with Crippen LogP contribution in [0.4, 0.5) is 13.2 Å². The third-order valence-electron chi connectivity index (χ3n) is 7.61. The highest BCUT2D eigenvalue weighted by Crippen LogP contribution is 2.35. The van der Waals surface area contributed by atoms with Crippen LogP contribution in [0.3, 0.4) is 0 Å². The molecule has 5 rings (SSSR count). The van der Waals surface area contributed by atoms with Crippen molar-refractivity contribution in [1.82, 2.24) is 28.9 Å². The molecule has 5 aromatic rings. The van der Waals surface area contributed by atoms with Crippen molar-refractivity contribution >= 4 is 32.0 Å². The lowest BCUT2D eigenvalue weighted by molar-refractivity contribution is -0.137. The Balaban J connectivity index is 1.51. The van der Waals surface area contributed by atoms with Gasteiger partial charge in [0.15, 0.2) is 5.65 Å². The van der Waals surface area contributed by atoms with E-state index in [9.17, 15) is 26.4 Å². The van der Waals surface area contributed by atoms with Gasteiger partial charge in [-0.25, -0.2) is 22.4 Å². The third kappa shape index (κ3) is 5.96. The maximum atomic E-state index is 13.8. The normalized spacial score (nSPS) is 12.6. The van der Waals surface area contributed by atoms with Crippen molar-refractivity contribution < 1.29 is 21.6 Å². The summed E-state index contributed by atoms with van der Waals surface area (Å²) in [5, 5.41) is 7.87. The summed E-state index contributed by atoms with van der Waals surface area (Å²) in [6.45, 7) is 2.55. The van der Waals surface area contributed by atoms with E-state index in [4.69, 9.17) is 0 Å². The summed E-state index contributed by atoms with van der Waals surface area (Å²) in [7, 11) is -0.530. The number of nitrogens with zero attached hydrogens (tertiary/aromatic N) is 5. The van der Waals surface area contributed by atoms with Crippen molar-refractivity contribution in [2.45, 2.75) is 56.5 Å². The van der Waals surface area contributed by atoms with Gasteiger partial charge in [-0.1, -0.05) is 51.2 Å². The summed E-state index contributed by atoms with van der Waals surface area (Å²) in [4.78, 5) is 18.4. The number of aryl methyl sites for hydroxylation is 1. The van der Waals surface area contributed by atoms with Crippen LogP contribution in [0.5, 0.6) is 0 Å². The predicted molar refractivity (Wildman–Crippen MR) is 160 cm³/mol. The van der Waals surface area contributed by atoms with Crippen LogP contribution in [-0.4, -0.2) is 50.9 Å². The first-order chi connectivity index (χ1) is 20.4. The van der Waals surface area contributed by atoms with E-state index in [2.05, 4.69) is 22.1 Å². The molecule has 1 N–H and O–H groups in total. The number of unbranched alkanes of at least 4 members (excludes halogenated alkanes) is 5. The van der Waals surface area contributed by atoms with Crippen molar-refractivity contribution in [3.63, 3.8) is 0 Å². The van der Waals surface area contributed by atoms with Gasteiger partial charge in [-0.15, -0.1) is 0 Å². The number of hydrogen-bond acceptors (Lipinski definition) is 5. The van der Waals surface area contributed by atoms with Crippen molar-refractivity contribution in [3.05, 3.63) is 70.6 Å². The number of aromatic amines is 1. The second-order valence-corrected chi connectivity index (χ2v) is 12.7. The van der Waals surface area contributed by atoms with Gasteiger partial charge in [-0.2, -0.15) is 18.3 Å². The number of H-pyrrole nitrogens is 1. The number of hydrogen-bond donors (Lipinski definition) is 1. The van der Waals surface area contributed by atoms with Gasteiger partial charge in [0.1, 0.15) is 0 Å². The van der Waals surface area contributed by atoms with Gasteiger partial charge >= 0.3 is 6.18 Å². The van der Waals surface area contributed by atoms with Gasteiger partial charge < -0.3 is 0 Å². The van der Waals surface area contributed by atoms with E-state index in [1.165, 1.54) is 62.7 Å². The fourth-order valence-electron chi connectivity index (χ4n) is 5.17. The smallest absolute Gasteiger partial charge is 0.289 e.